The van der Waals surface area contributed by atoms with Crippen molar-refractivity contribution < 1.29 is 18.0 Å². The zero-order chi connectivity index (χ0) is 26.0. The van der Waals surface area contributed by atoms with Crippen molar-refractivity contribution in [1.82, 2.24) is 10.3 Å². The lowest BCUT2D eigenvalue weighted by Gasteiger charge is -2.49. The summed E-state index contributed by atoms with van der Waals surface area (Å²) >= 11 is 0. The SMILES string of the molecule is N#Cc1ccccc1N1CCN2c3ccc(C(F)(F)F)cc3C[C@H](C(=O)NCCc3ccccn3)[C@@H]2C1. The summed E-state index contributed by atoms with van der Waals surface area (Å²) in [6, 6.07) is 18.7. The Morgan fingerprint density at radius 1 is 1.08 bits per heavy atom. The van der Waals surface area contributed by atoms with Gasteiger partial charge in [0.2, 0.25) is 5.91 Å². The number of para-hydroxylation sites is 1. The minimum Gasteiger partial charge on any atom is -0.367 e. The first-order chi connectivity index (χ1) is 17.8. The molecule has 190 valence electrons. The molecule has 6 nitrogen and oxygen atoms in total. The lowest BCUT2D eigenvalue weighted by atomic mass is 9.82. The molecule has 1 saturated heterocycles. The summed E-state index contributed by atoms with van der Waals surface area (Å²) in [6.45, 7) is 1.98. The molecule has 0 radical (unpaired) electrons. The van der Waals surface area contributed by atoms with E-state index in [0.717, 1.165) is 23.1 Å². The Hall–Kier alpha value is -4.06. The summed E-state index contributed by atoms with van der Waals surface area (Å²) in [6.07, 6.45) is -1.99. The fourth-order valence-corrected chi connectivity index (χ4v) is 5.35. The standard InChI is InChI=1S/C28H26F3N5O/c29-28(30,31)21-8-9-25-20(15-21)16-23(27(37)34-12-10-22-6-3-4-11-33-22)26-18-35(13-14-36(25)26)24-7-2-1-5-19(24)17-32/h1-9,11,15,23,26H,10,12-14,16,18H2,(H,34,37)/t23-,26-/m0/s1. The van der Waals surface area contributed by atoms with Gasteiger partial charge in [-0.1, -0.05) is 18.2 Å². The van der Waals surface area contributed by atoms with Gasteiger partial charge in [-0.2, -0.15) is 18.4 Å². The van der Waals surface area contributed by atoms with Gasteiger partial charge < -0.3 is 15.1 Å². The van der Waals surface area contributed by atoms with Gasteiger partial charge in [0.15, 0.2) is 0 Å². The fraction of sp³-hybridized carbons (Fsp3) is 0.321. The molecule has 0 unspecified atom stereocenters. The van der Waals surface area contributed by atoms with Crippen LogP contribution >= 0.6 is 0 Å². The lowest BCUT2D eigenvalue weighted by molar-refractivity contribution is -0.137. The number of carbonyl (C=O) groups is 1. The number of aromatic nitrogens is 1. The number of rotatable bonds is 5. The van der Waals surface area contributed by atoms with Gasteiger partial charge in [-0.25, -0.2) is 0 Å². The number of piperazine rings is 1. The van der Waals surface area contributed by atoms with Crippen molar-refractivity contribution in [3.05, 3.63) is 89.2 Å². The molecule has 9 heteroatoms. The maximum atomic E-state index is 13.5. The number of nitrogens with one attached hydrogen (secondary N) is 1. The summed E-state index contributed by atoms with van der Waals surface area (Å²) in [7, 11) is 0. The highest BCUT2D eigenvalue weighted by Gasteiger charge is 2.43. The van der Waals surface area contributed by atoms with E-state index in [1.54, 1.807) is 12.3 Å². The van der Waals surface area contributed by atoms with Gasteiger partial charge in [0.25, 0.3) is 0 Å². The van der Waals surface area contributed by atoms with Gasteiger partial charge in [-0.3, -0.25) is 9.78 Å². The molecule has 2 aromatic carbocycles. The molecule has 2 aliphatic heterocycles. The van der Waals surface area contributed by atoms with Crippen LogP contribution in [0.4, 0.5) is 24.5 Å². The molecule has 0 bridgehead atoms. The van der Waals surface area contributed by atoms with Crippen LogP contribution in [0.1, 0.15) is 22.4 Å². The number of carbonyl (C=O) groups excluding carboxylic acids is 1. The number of hydrogen-bond acceptors (Lipinski definition) is 5. The number of nitrogens with zero attached hydrogens (tertiary/aromatic N) is 4. The zero-order valence-electron chi connectivity index (χ0n) is 20.1. The van der Waals surface area contributed by atoms with Gasteiger partial charge in [0, 0.05) is 50.2 Å². The van der Waals surface area contributed by atoms with Gasteiger partial charge in [0.05, 0.1) is 28.8 Å². The van der Waals surface area contributed by atoms with Crippen molar-refractivity contribution in [3.8, 4) is 6.07 Å². The minimum absolute atomic E-state index is 0.190. The average Bonchev–Trinajstić information content (AvgIpc) is 2.92. The molecule has 1 N–H and O–H groups in total. The Balaban J connectivity index is 1.42. The molecule has 1 fully saturated rings. The van der Waals surface area contributed by atoms with Crippen LogP contribution in [-0.4, -0.2) is 43.1 Å². The average molecular weight is 506 g/mol. The number of halogens is 3. The third kappa shape index (κ3) is 5.10. The van der Waals surface area contributed by atoms with Gasteiger partial charge >= 0.3 is 6.18 Å². The van der Waals surface area contributed by atoms with E-state index in [1.165, 1.54) is 12.1 Å². The van der Waals surface area contributed by atoms with Crippen LogP contribution in [0.2, 0.25) is 0 Å². The summed E-state index contributed by atoms with van der Waals surface area (Å²) in [5.41, 5.74) is 2.77. The van der Waals surface area contributed by atoms with E-state index < -0.39 is 17.7 Å². The van der Waals surface area contributed by atoms with Crippen LogP contribution in [0.25, 0.3) is 0 Å². The predicted molar refractivity (Wildman–Crippen MR) is 134 cm³/mol. The second-order valence-electron chi connectivity index (χ2n) is 9.35. The number of hydrogen-bond donors (Lipinski definition) is 1. The first-order valence-corrected chi connectivity index (χ1v) is 12.2. The number of benzene rings is 2. The van der Waals surface area contributed by atoms with Crippen molar-refractivity contribution in [2.75, 3.05) is 36.0 Å². The van der Waals surface area contributed by atoms with Crippen LogP contribution in [0.3, 0.4) is 0 Å². The number of anilines is 2. The summed E-state index contributed by atoms with van der Waals surface area (Å²) in [5.74, 6) is -0.735. The van der Waals surface area contributed by atoms with E-state index in [9.17, 15) is 23.2 Å². The molecular weight excluding hydrogens is 479 g/mol. The highest BCUT2D eigenvalue weighted by atomic mass is 19.4. The molecule has 2 aliphatic rings. The fourth-order valence-electron chi connectivity index (χ4n) is 5.35. The van der Waals surface area contributed by atoms with Gasteiger partial charge in [-0.05, 0) is 54.4 Å². The van der Waals surface area contributed by atoms with Gasteiger partial charge in [0.1, 0.15) is 6.07 Å². The predicted octanol–water partition coefficient (Wildman–Crippen LogP) is 4.20. The molecule has 1 aromatic heterocycles. The highest BCUT2D eigenvalue weighted by molar-refractivity contribution is 5.82. The second-order valence-corrected chi connectivity index (χ2v) is 9.35. The first-order valence-electron chi connectivity index (χ1n) is 12.2. The Bertz CT molecular complexity index is 1320. The maximum absolute atomic E-state index is 13.5. The molecule has 2 atom stereocenters. The number of fused-ring (bicyclic) bond motifs is 3. The number of amides is 1. The molecular formula is C28H26F3N5O. The minimum atomic E-state index is -4.45. The molecule has 3 heterocycles. The van der Waals surface area contributed by atoms with Crippen molar-refractivity contribution >= 4 is 17.3 Å². The first kappa shape index (κ1) is 24.6. The smallest absolute Gasteiger partial charge is 0.367 e. The van der Waals surface area contributed by atoms with E-state index in [-0.39, 0.29) is 18.4 Å². The lowest BCUT2D eigenvalue weighted by Crippen LogP contribution is -2.61. The summed E-state index contributed by atoms with van der Waals surface area (Å²) in [5, 5.41) is 12.6. The third-order valence-electron chi connectivity index (χ3n) is 7.15. The molecule has 1 amide bonds. The van der Waals surface area contributed by atoms with E-state index in [1.807, 2.05) is 36.4 Å². The quantitative estimate of drug-likeness (QED) is 0.563. The second kappa shape index (κ2) is 10.1. The normalized spacial score (nSPS) is 19.0. The van der Waals surface area contributed by atoms with E-state index in [2.05, 4.69) is 26.2 Å². The molecule has 3 aromatic rings. The topological polar surface area (TPSA) is 72.3 Å². The molecule has 0 saturated carbocycles. The van der Waals surface area contributed by atoms with Crippen LogP contribution in [0.5, 0.6) is 0 Å². The van der Waals surface area contributed by atoms with E-state index >= 15 is 0 Å². The van der Waals surface area contributed by atoms with Crippen LogP contribution in [0.15, 0.2) is 66.9 Å². The molecule has 5 rings (SSSR count). The molecule has 37 heavy (non-hydrogen) atoms. The monoisotopic (exact) mass is 505 g/mol. The highest BCUT2D eigenvalue weighted by Crippen LogP contribution is 2.40. The largest absolute Gasteiger partial charge is 0.416 e. The van der Waals surface area contributed by atoms with Crippen molar-refractivity contribution in [2.24, 2.45) is 5.92 Å². The van der Waals surface area contributed by atoms with Crippen molar-refractivity contribution in [2.45, 2.75) is 25.1 Å². The van der Waals surface area contributed by atoms with Crippen molar-refractivity contribution in [1.29, 1.82) is 5.26 Å². The molecule has 0 aliphatic carbocycles. The Kier molecular flexibility index (Phi) is 6.74. The van der Waals surface area contributed by atoms with Crippen LogP contribution in [0, 0.1) is 17.2 Å². The van der Waals surface area contributed by atoms with Crippen LogP contribution in [-0.2, 0) is 23.8 Å². The Morgan fingerprint density at radius 2 is 1.89 bits per heavy atom. The Labute approximate surface area is 213 Å². The summed E-state index contributed by atoms with van der Waals surface area (Å²) in [4.78, 5) is 21.9. The van der Waals surface area contributed by atoms with Crippen LogP contribution < -0.4 is 15.1 Å². The maximum Gasteiger partial charge on any atom is 0.416 e. The third-order valence-corrected chi connectivity index (χ3v) is 7.15. The number of nitriles is 1. The van der Waals surface area contributed by atoms with Gasteiger partial charge in [-0.15, -0.1) is 0 Å². The number of alkyl halides is 3. The molecule has 0 spiro atoms. The summed E-state index contributed by atoms with van der Waals surface area (Å²) < 4.78 is 40.4. The van der Waals surface area contributed by atoms with E-state index in [4.69, 9.17) is 0 Å². The number of pyridine rings is 1. The van der Waals surface area contributed by atoms with E-state index in [0.29, 0.717) is 43.7 Å². The van der Waals surface area contributed by atoms with Crippen molar-refractivity contribution in [3.63, 3.8) is 0 Å². The zero-order valence-corrected chi connectivity index (χ0v) is 20.1. The Morgan fingerprint density at radius 3 is 2.65 bits per heavy atom.